The molecule has 3 atom stereocenters. The van der Waals surface area contributed by atoms with Gasteiger partial charge in [-0.25, -0.2) is 0 Å². The first-order valence-corrected chi connectivity index (χ1v) is 6.61. The van der Waals surface area contributed by atoms with E-state index in [1.165, 1.54) is 12.8 Å². The summed E-state index contributed by atoms with van der Waals surface area (Å²) in [5.74, 6) is 0. The molecule has 1 aliphatic rings. The predicted octanol–water partition coefficient (Wildman–Crippen LogP) is 3.44. The van der Waals surface area contributed by atoms with Crippen molar-refractivity contribution in [1.29, 1.82) is 0 Å². The number of halogens is 1. The fourth-order valence-electron chi connectivity index (χ4n) is 1.96. The summed E-state index contributed by atoms with van der Waals surface area (Å²) in [4.78, 5) is 0. The van der Waals surface area contributed by atoms with Crippen molar-refractivity contribution in [2.75, 3.05) is 0 Å². The van der Waals surface area contributed by atoms with Crippen LogP contribution in [0.5, 0.6) is 0 Å². The molecule has 0 spiro atoms. The molecule has 1 aliphatic heterocycles. The average Bonchev–Trinajstić information content (AvgIpc) is 3.05. The van der Waals surface area contributed by atoms with E-state index >= 15 is 0 Å². The second kappa shape index (κ2) is 5.30. The summed E-state index contributed by atoms with van der Waals surface area (Å²) in [6.07, 6.45) is 3.15. The van der Waals surface area contributed by atoms with Gasteiger partial charge in [-0.2, -0.15) is 0 Å². The Hall–Kier alpha value is -0.380. The summed E-state index contributed by atoms with van der Waals surface area (Å²) in [6, 6.07) is 7.77. The first-order chi connectivity index (χ1) is 7.74. The number of epoxide rings is 1. The summed E-state index contributed by atoms with van der Waals surface area (Å²) < 4.78 is 6.47. The molecule has 3 heteroatoms. The van der Waals surface area contributed by atoms with Crippen molar-refractivity contribution in [3.05, 3.63) is 34.3 Å². The van der Waals surface area contributed by atoms with Gasteiger partial charge in [0.15, 0.2) is 0 Å². The molecule has 1 saturated heterocycles. The van der Waals surface area contributed by atoms with Gasteiger partial charge in [0.1, 0.15) is 12.2 Å². The topological polar surface area (TPSA) is 32.8 Å². The molecule has 0 saturated carbocycles. The van der Waals surface area contributed by atoms with Gasteiger partial charge in [0.25, 0.3) is 0 Å². The number of hydrogen-bond acceptors (Lipinski definition) is 2. The van der Waals surface area contributed by atoms with Crippen LogP contribution >= 0.6 is 15.9 Å². The Labute approximate surface area is 105 Å². The molecule has 88 valence electrons. The fraction of sp³-hybridized carbons (Fsp3) is 0.538. The van der Waals surface area contributed by atoms with E-state index in [1.807, 2.05) is 24.3 Å². The van der Waals surface area contributed by atoms with Crippen LogP contribution in [0, 0.1) is 0 Å². The summed E-state index contributed by atoms with van der Waals surface area (Å²) in [5.41, 5.74) is 0.923. The lowest BCUT2D eigenvalue weighted by Crippen LogP contribution is -2.08. The molecule has 0 aliphatic carbocycles. The maximum atomic E-state index is 10.2. The Morgan fingerprint density at radius 2 is 2.19 bits per heavy atom. The van der Waals surface area contributed by atoms with E-state index in [0.717, 1.165) is 16.5 Å². The van der Waals surface area contributed by atoms with E-state index in [2.05, 4.69) is 22.9 Å². The lowest BCUT2D eigenvalue weighted by atomic mass is 10.0. The third-order valence-electron chi connectivity index (χ3n) is 3.00. The Morgan fingerprint density at radius 3 is 2.88 bits per heavy atom. The molecule has 0 aromatic heterocycles. The number of rotatable bonds is 5. The molecule has 16 heavy (non-hydrogen) atoms. The number of aliphatic hydroxyl groups is 1. The highest BCUT2D eigenvalue weighted by Gasteiger charge is 2.44. The van der Waals surface area contributed by atoms with E-state index in [-0.39, 0.29) is 12.2 Å². The third kappa shape index (κ3) is 2.65. The van der Waals surface area contributed by atoms with Crippen LogP contribution in [0.25, 0.3) is 0 Å². The fourth-order valence-corrected chi connectivity index (χ4v) is 2.48. The maximum Gasteiger partial charge on any atom is 0.114 e. The minimum absolute atomic E-state index is 0.00903. The molecular formula is C13H17BrO2. The number of unbranched alkanes of at least 4 members (excludes halogenated alkanes) is 1. The standard InChI is InChI=1S/C13H17BrO2/c1-2-3-8-11-13(16-11)12(15)9-6-4-5-7-10(9)14/h4-7,11-13,15H,2-3,8H2,1H3/t11-,12+,13+/m0/s1. The van der Waals surface area contributed by atoms with Gasteiger partial charge in [0.05, 0.1) is 6.10 Å². The molecule has 1 fully saturated rings. The molecule has 1 heterocycles. The second-order valence-corrected chi connectivity index (χ2v) is 5.10. The van der Waals surface area contributed by atoms with Crippen molar-refractivity contribution in [3.8, 4) is 0 Å². The summed E-state index contributed by atoms with van der Waals surface area (Å²) in [7, 11) is 0. The Bertz CT molecular complexity index is 354. The van der Waals surface area contributed by atoms with Crippen LogP contribution < -0.4 is 0 Å². The van der Waals surface area contributed by atoms with Crippen LogP contribution in [-0.4, -0.2) is 17.3 Å². The quantitative estimate of drug-likeness (QED) is 0.841. The number of aliphatic hydroxyl groups excluding tert-OH is 1. The van der Waals surface area contributed by atoms with Crippen LogP contribution in [0.2, 0.25) is 0 Å². The minimum atomic E-state index is -0.502. The number of hydrogen-bond donors (Lipinski definition) is 1. The van der Waals surface area contributed by atoms with E-state index in [0.29, 0.717) is 0 Å². The van der Waals surface area contributed by atoms with Gasteiger partial charge >= 0.3 is 0 Å². The predicted molar refractivity (Wildman–Crippen MR) is 67.3 cm³/mol. The van der Waals surface area contributed by atoms with Crippen molar-refractivity contribution in [2.45, 2.75) is 44.5 Å². The molecule has 0 amide bonds. The molecule has 2 rings (SSSR count). The molecule has 1 N–H and O–H groups in total. The molecule has 0 radical (unpaired) electrons. The molecule has 0 unspecified atom stereocenters. The largest absolute Gasteiger partial charge is 0.386 e. The van der Waals surface area contributed by atoms with Gasteiger partial charge in [-0.1, -0.05) is 53.9 Å². The number of benzene rings is 1. The Kier molecular flexibility index (Phi) is 4.00. The first kappa shape index (κ1) is 12.1. The summed E-state index contributed by atoms with van der Waals surface area (Å²) in [5, 5.41) is 10.2. The molecular weight excluding hydrogens is 268 g/mol. The first-order valence-electron chi connectivity index (χ1n) is 5.82. The monoisotopic (exact) mass is 284 g/mol. The van der Waals surface area contributed by atoms with E-state index in [1.54, 1.807) is 0 Å². The van der Waals surface area contributed by atoms with E-state index in [9.17, 15) is 5.11 Å². The zero-order valence-corrected chi connectivity index (χ0v) is 11.0. The highest BCUT2D eigenvalue weighted by atomic mass is 79.9. The number of ether oxygens (including phenoxy) is 1. The van der Waals surface area contributed by atoms with Gasteiger partial charge < -0.3 is 9.84 Å². The lowest BCUT2D eigenvalue weighted by molar-refractivity contribution is 0.136. The van der Waals surface area contributed by atoms with Crippen molar-refractivity contribution in [2.24, 2.45) is 0 Å². The smallest absolute Gasteiger partial charge is 0.114 e. The van der Waals surface area contributed by atoms with Crippen molar-refractivity contribution in [1.82, 2.24) is 0 Å². The zero-order chi connectivity index (χ0) is 11.5. The molecule has 0 bridgehead atoms. The third-order valence-corrected chi connectivity index (χ3v) is 3.72. The zero-order valence-electron chi connectivity index (χ0n) is 9.40. The second-order valence-electron chi connectivity index (χ2n) is 4.25. The summed E-state index contributed by atoms with van der Waals surface area (Å²) >= 11 is 3.45. The van der Waals surface area contributed by atoms with Gasteiger partial charge in [-0.05, 0) is 18.1 Å². The molecule has 1 aromatic rings. The van der Waals surface area contributed by atoms with Crippen molar-refractivity contribution >= 4 is 15.9 Å². The van der Waals surface area contributed by atoms with Crippen LogP contribution in [-0.2, 0) is 4.74 Å². The average molecular weight is 285 g/mol. The van der Waals surface area contributed by atoms with Gasteiger partial charge in [0, 0.05) is 4.47 Å². The Balaban J connectivity index is 1.95. The van der Waals surface area contributed by atoms with Gasteiger partial charge in [0.2, 0.25) is 0 Å². The van der Waals surface area contributed by atoms with Crippen molar-refractivity contribution in [3.63, 3.8) is 0 Å². The SMILES string of the molecule is CCCC[C@@H]1O[C@H]1[C@H](O)c1ccccc1Br. The van der Waals surface area contributed by atoms with E-state index < -0.39 is 6.10 Å². The minimum Gasteiger partial charge on any atom is -0.386 e. The summed E-state index contributed by atoms with van der Waals surface area (Å²) in [6.45, 7) is 2.17. The molecule has 1 aromatic carbocycles. The Morgan fingerprint density at radius 1 is 1.44 bits per heavy atom. The van der Waals surface area contributed by atoms with Crippen LogP contribution in [0.3, 0.4) is 0 Å². The highest BCUT2D eigenvalue weighted by Crippen LogP contribution is 2.39. The van der Waals surface area contributed by atoms with Gasteiger partial charge in [-0.15, -0.1) is 0 Å². The normalized spacial score (nSPS) is 25.4. The highest BCUT2D eigenvalue weighted by molar-refractivity contribution is 9.10. The van der Waals surface area contributed by atoms with Crippen LogP contribution in [0.4, 0.5) is 0 Å². The molecule has 2 nitrogen and oxygen atoms in total. The van der Waals surface area contributed by atoms with Gasteiger partial charge in [-0.3, -0.25) is 0 Å². The van der Waals surface area contributed by atoms with E-state index in [4.69, 9.17) is 4.74 Å². The van der Waals surface area contributed by atoms with Crippen molar-refractivity contribution < 1.29 is 9.84 Å². The maximum absolute atomic E-state index is 10.2. The van der Waals surface area contributed by atoms with Crippen LogP contribution in [0.1, 0.15) is 37.9 Å². The van der Waals surface area contributed by atoms with Crippen LogP contribution in [0.15, 0.2) is 28.7 Å². The lowest BCUT2D eigenvalue weighted by Gasteiger charge is -2.09.